The van der Waals surface area contributed by atoms with Crippen molar-refractivity contribution >= 4 is 0 Å². The van der Waals surface area contributed by atoms with Crippen LogP contribution in [0.3, 0.4) is 0 Å². The summed E-state index contributed by atoms with van der Waals surface area (Å²) in [6, 6.07) is 0. The lowest BCUT2D eigenvalue weighted by atomic mass is 9.47. The zero-order valence-electron chi connectivity index (χ0n) is 12.2. The van der Waals surface area contributed by atoms with E-state index >= 15 is 0 Å². The predicted octanol–water partition coefficient (Wildman–Crippen LogP) is 3.10. The van der Waals surface area contributed by atoms with Gasteiger partial charge < -0.3 is 10.4 Å². The first kappa shape index (κ1) is 12.6. The van der Waals surface area contributed by atoms with Gasteiger partial charge in [0.1, 0.15) is 0 Å². The molecule has 2 heteroatoms. The van der Waals surface area contributed by atoms with Crippen LogP contribution in [-0.2, 0) is 0 Å². The average Bonchev–Trinajstić information content (AvgIpc) is 2.51. The van der Waals surface area contributed by atoms with Crippen molar-refractivity contribution < 1.29 is 5.11 Å². The molecule has 1 atom stereocenters. The van der Waals surface area contributed by atoms with E-state index in [1.807, 2.05) is 0 Å². The van der Waals surface area contributed by atoms with Crippen LogP contribution in [0.5, 0.6) is 0 Å². The molecule has 0 spiro atoms. The van der Waals surface area contributed by atoms with E-state index in [0.717, 1.165) is 43.7 Å². The van der Waals surface area contributed by atoms with Gasteiger partial charge in [0.25, 0.3) is 0 Å². The van der Waals surface area contributed by atoms with Crippen LogP contribution in [0.25, 0.3) is 0 Å². The maximum absolute atomic E-state index is 11.0. The summed E-state index contributed by atoms with van der Waals surface area (Å²) in [6.45, 7) is 1.94. The summed E-state index contributed by atoms with van der Waals surface area (Å²) in [7, 11) is 0. The summed E-state index contributed by atoms with van der Waals surface area (Å²) in [5.74, 6) is 3.02. The largest absolute Gasteiger partial charge is 0.389 e. The van der Waals surface area contributed by atoms with Crippen molar-refractivity contribution in [2.24, 2.45) is 23.2 Å². The number of aliphatic hydroxyl groups is 1. The third-order valence-corrected chi connectivity index (χ3v) is 6.57. The van der Waals surface area contributed by atoms with Crippen LogP contribution in [0.1, 0.15) is 64.2 Å². The molecular formula is C17H29NO. The Bertz CT molecular complexity index is 308. The lowest BCUT2D eigenvalue weighted by molar-refractivity contribution is -0.104. The van der Waals surface area contributed by atoms with Crippen molar-refractivity contribution in [1.82, 2.24) is 5.32 Å². The molecule has 5 rings (SSSR count). The third kappa shape index (κ3) is 2.35. The fourth-order valence-electron chi connectivity index (χ4n) is 6.47. The molecule has 4 bridgehead atoms. The van der Waals surface area contributed by atoms with Crippen molar-refractivity contribution in [2.45, 2.75) is 69.8 Å². The molecule has 0 amide bonds. The molecule has 1 unspecified atom stereocenters. The van der Waals surface area contributed by atoms with Gasteiger partial charge in [-0.25, -0.2) is 0 Å². The second-order valence-corrected chi connectivity index (χ2v) is 8.45. The smallest absolute Gasteiger partial charge is 0.0776 e. The molecule has 4 aliphatic carbocycles. The minimum atomic E-state index is -0.401. The second-order valence-electron chi connectivity index (χ2n) is 8.45. The Morgan fingerprint density at radius 1 is 0.947 bits per heavy atom. The highest BCUT2D eigenvalue weighted by atomic mass is 16.3. The van der Waals surface area contributed by atoms with E-state index in [1.165, 1.54) is 51.4 Å². The van der Waals surface area contributed by atoms with Gasteiger partial charge in [0, 0.05) is 6.54 Å². The first-order chi connectivity index (χ1) is 9.15. The van der Waals surface area contributed by atoms with Crippen LogP contribution in [-0.4, -0.2) is 23.8 Å². The summed E-state index contributed by atoms with van der Waals surface area (Å²) < 4.78 is 0. The Morgan fingerprint density at radius 3 is 2.21 bits per heavy atom. The molecule has 108 valence electrons. The van der Waals surface area contributed by atoms with Gasteiger partial charge in [0.15, 0.2) is 0 Å². The number of rotatable bonds is 2. The lowest BCUT2D eigenvalue weighted by Crippen LogP contribution is -2.51. The quantitative estimate of drug-likeness (QED) is 0.802. The van der Waals surface area contributed by atoms with Crippen molar-refractivity contribution in [3.63, 3.8) is 0 Å². The Morgan fingerprint density at radius 2 is 1.58 bits per heavy atom. The second kappa shape index (κ2) is 4.46. The maximum Gasteiger partial charge on any atom is 0.0776 e. The van der Waals surface area contributed by atoms with Crippen LogP contribution < -0.4 is 5.32 Å². The molecule has 5 aliphatic rings. The third-order valence-electron chi connectivity index (χ3n) is 6.57. The molecule has 2 nitrogen and oxygen atoms in total. The minimum Gasteiger partial charge on any atom is -0.389 e. The lowest BCUT2D eigenvalue weighted by Gasteiger charge is -2.58. The molecule has 0 aromatic rings. The highest BCUT2D eigenvalue weighted by Gasteiger charge is 2.53. The van der Waals surface area contributed by atoms with Gasteiger partial charge in [-0.15, -0.1) is 0 Å². The number of nitrogens with one attached hydrogen (secondary N) is 1. The summed E-state index contributed by atoms with van der Waals surface area (Å²) in [5, 5.41) is 14.5. The summed E-state index contributed by atoms with van der Waals surface area (Å²) in [6.07, 6.45) is 13.4. The molecule has 1 saturated heterocycles. The molecule has 1 aliphatic heterocycles. The molecule has 19 heavy (non-hydrogen) atoms. The molecule has 0 radical (unpaired) electrons. The zero-order chi connectivity index (χ0) is 12.9. The van der Waals surface area contributed by atoms with E-state index in [4.69, 9.17) is 0 Å². The monoisotopic (exact) mass is 263 g/mol. The van der Waals surface area contributed by atoms with Crippen LogP contribution in [0.15, 0.2) is 0 Å². The number of hydrogen-bond donors (Lipinski definition) is 2. The van der Waals surface area contributed by atoms with Gasteiger partial charge in [0.2, 0.25) is 0 Å². The van der Waals surface area contributed by atoms with Crippen molar-refractivity contribution in [1.29, 1.82) is 0 Å². The highest BCUT2D eigenvalue weighted by molar-refractivity contribution is 5.04. The van der Waals surface area contributed by atoms with E-state index in [9.17, 15) is 5.11 Å². The molecule has 5 fully saturated rings. The van der Waals surface area contributed by atoms with Crippen molar-refractivity contribution in [3.8, 4) is 0 Å². The van der Waals surface area contributed by atoms with Crippen molar-refractivity contribution in [2.75, 3.05) is 13.1 Å². The zero-order valence-corrected chi connectivity index (χ0v) is 12.2. The Balaban J connectivity index is 1.52. The molecule has 0 aromatic heterocycles. The summed E-state index contributed by atoms with van der Waals surface area (Å²) >= 11 is 0. The molecule has 0 aromatic carbocycles. The first-order valence-corrected chi connectivity index (χ1v) is 8.58. The predicted molar refractivity (Wildman–Crippen MR) is 76.9 cm³/mol. The van der Waals surface area contributed by atoms with Crippen molar-refractivity contribution in [3.05, 3.63) is 0 Å². The maximum atomic E-state index is 11.0. The van der Waals surface area contributed by atoms with E-state index in [1.54, 1.807) is 0 Å². The van der Waals surface area contributed by atoms with Crippen LogP contribution >= 0.6 is 0 Å². The van der Waals surface area contributed by atoms with E-state index in [2.05, 4.69) is 5.32 Å². The molecule has 4 saturated carbocycles. The van der Waals surface area contributed by atoms with Gasteiger partial charge in [-0.1, -0.05) is 0 Å². The van der Waals surface area contributed by atoms with Gasteiger partial charge in [-0.05, 0) is 93.9 Å². The van der Waals surface area contributed by atoms with Gasteiger partial charge in [0.05, 0.1) is 5.60 Å². The normalized spacial score (nSPS) is 53.2. The summed E-state index contributed by atoms with van der Waals surface area (Å²) in [5.41, 5.74) is 0.123. The van der Waals surface area contributed by atoms with Crippen LogP contribution in [0.2, 0.25) is 0 Å². The number of hydrogen-bond acceptors (Lipinski definition) is 2. The Hall–Kier alpha value is -0.0800. The van der Waals surface area contributed by atoms with Gasteiger partial charge in [-0.2, -0.15) is 0 Å². The van der Waals surface area contributed by atoms with E-state index in [0.29, 0.717) is 5.41 Å². The van der Waals surface area contributed by atoms with Crippen LogP contribution in [0.4, 0.5) is 0 Å². The fourth-order valence-corrected chi connectivity index (χ4v) is 6.47. The Labute approximate surface area is 117 Å². The topological polar surface area (TPSA) is 32.3 Å². The van der Waals surface area contributed by atoms with E-state index < -0.39 is 5.60 Å². The van der Waals surface area contributed by atoms with E-state index in [-0.39, 0.29) is 0 Å². The fraction of sp³-hybridized carbons (Fsp3) is 1.00. The number of β-amino-alcohol motifs (C(OH)–C–C–N with tert-alkyl or cyclic N) is 1. The highest BCUT2D eigenvalue weighted by Crippen LogP contribution is 2.62. The van der Waals surface area contributed by atoms with Gasteiger partial charge in [-0.3, -0.25) is 0 Å². The molecule has 2 N–H and O–H groups in total. The van der Waals surface area contributed by atoms with Crippen LogP contribution in [0, 0.1) is 23.2 Å². The molecule has 1 heterocycles. The molecular weight excluding hydrogens is 234 g/mol. The first-order valence-electron chi connectivity index (χ1n) is 8.58. The minimum absolute atomic E-state index is 0.401. The summed E-state index contributed by atoms with van der Waals surface area (Å²) in [4.78, 5) is 0. The van der Waals surface area contributed by atoms with Gasteiger partial charge >= 0.3 is 0 Å². The standard InChI is InChI=1S/C17H29NO/c19-17(3-1-2-4-18-12-17)11-16-8-13-5-14(9-16)7-15(6-13)10-16/h13-15,18-19H,1-12H2. The Kier molecular flexibility index (Phi) is 2.97. The average molecular weight is 263 g/mol. The SMILES string of the molecule is OC1(CC23CC4CC(CC(C4)C2)C3)CCCCNC1.